The van der Waals surface area contributed by atoms with Gasteiger partial charge in [-0.25, -0.2) is 4.39 Å². The molecule has 2 atom stereocenters. The van der Waals surface area contributed by atoms with Crippen LogP contribution in [0.4, 0.5) is 4.39 Å². The van der Waals surface area contributed by atoms with Gasteiger partial charge in [0.2, 0.25) is 0 Å². The molecule has 2 aromatic carbocycles. The van der Waals surface area contributed by atoms with Crippen molar-refractivity contribution in [3.63, 3.8) is 0 Å². The first kappa shape index (κ1) is 11.9. The van der Waals surface area contributed by atoms with Crippen molar-refractivity contribution < 1.29 is 9.18 Å². The van der Waals surface area contributed by atoms with Crippen molar-refractivity contribution in [2.24, 2.45) is 0 Å². The van der Waals surface area contributed by atoms with Crippen molar-refractivity contribution in [3.05, 3.63) is 71.5 Å². The number of halogens is 1. The Kier molecular flexibility index (Phi) is 3.03. The highest BCUT2D eigenvalue weighted by Crippen LogP contribution is 2.40. The molecular formula is C16H14FNO. The van der Waals surface area contributed by atoms with Crippen molar-refractivity contribution in [2.45, 2.75) is 18.4 Å². The summed E-state index contributed by atoms with van der Waals surface area (Å²) >= 11 is 0. The molecule has 1 aliphatic rings. The minimum Gasteiger partial charge on any atom is -0.349 e. The van der Waals surface area contributed by atoms with E-state index >= 15 is 0 Å². The standard InChI is InChI=1S/C16H14FNO/c17-14-9-5-4-8-12(14)16(19)18-15-10-13(15)11-6-2-1-3-7-11/h1-9,13,15H,10H2,(H,18,19). The normalized spacial score (nSPS) is 20.9. The Morgan fingerprint density at radius 1 is 1.05 bits per heavy atom. The van der Waals surface area contributed by atoms with E-state index in [-0.39, 0.29) is 17.5 Å². The number of amides is 1. The van der Waals surface area contributed by atoms with Gasteiger partial charge in [0.1, 0.15) is 5.82 Å². The SMILES string of the molecule is O=C(NC1CC1c1ccccc1)c1ccccc1F. The Labute approximate surface area is 111 Å². The zero-order valence-electron chi connectivity index (χ0n) is 10.3. The maximum absolute atomic E-state index is 13.5. The van der Waals surface area contributed by atoms with Crippen LogP contribution in [0.3, 0.4) is 0 Å². The van der Waals surface area contributed by atoms with Gasteiger partial charge in [-0.15, -0.1) is 0 Å². The predicted octanol–water partition coefficient (Wildman–Crippen LogP) is 3.11. The van der Waals surface area contributed by atoms with Crippen molar-refractivity contribution in [1.29, 1.82) is 0 Å². The van der Waals surface area contributed by atoms with Crippen molar-refractivity contribution in [3.8, 4) is 0 Å². The number of hydrogen-bond acceptors (Lipinski definition) is 1. The van der Waals surface area contributed by atoms with Crippen LogP contribution in [-0.4, -0.2) is 11.9 Å². The van der Waals surface area contributed by atoms with E-state index in [9.17, 15) is 9.18 Å². The number of carbonyl (C=O) groups excluding carboxylic acids is 1. The highest BCUT2D eigenvalue weighted by atomic mass is 19.1. The number of carbonyl (C=O) groups is 1. The lowest BCUT2D eigenvalue weighted by Crippen LogP contribution is -2.27. The summed E-state index contributed by atoms with van der Waals surface area (Å²) in [7, 11) is 0. The molecule has 3 heteroatoms. The molecule has 0 aliphatic heterocycles. The van der Waals surface area contributed by atoms with Crippen LogP contribution in [0.2, 0.25) is 0 Å². The summed E-state index contributed by atoms with van der Waals surface area (Å²) in [5.74, 6) is -0.449. The molecule has 2 nitrogen and oxygen atoms in total. The minimum atomic E-state index is -0.475. The van der Waals surface area contributed by atoms with Crippen LogP contribution in [0.15, 0.2) is 54.6 Å². The molecule has 0 bridgehead atoms. The van der Waals surface area contributed by atoms with E-state index in [1.54, 1.807) is 12.1 Å². The van der Waals surface area contributed by atoms with E-state index in [0.29, 0.717) is 5.92 Å². The van der Waals surface area contributed by atoms with Crippen LogP contribution in [0, 0.1) is 5.82 Å². The molecule has 2 unspecified atom stereocenters. The van der Waals surface area contributed by atoms with Crippen LogP contribution in [0.5, 0.6) is 0 Å². The summed E-state index contributed by atoms with van der Waals surface area (Å²) in [5.41, 5.74) is 1.34. The molecule has 19 heavy (non-hydrogen) atoms. The van der Waals surface area contributed by atoms with Gasteiger partial charge in [0, 0.05) is 12.0 Å². The molecular weight excluding hydrogens is 241 g/mol. The lowest BCUT2D eigenvalue weighted by Gasteiger charge is -2.05. The lowest BCUT2D eigenvalue weighted by atomic mass is 10.1. The molecule has 1 aliphatic carbocycles. The maximum Gasteiger partial charge on any atom is 0.254 e. The molecule has 1 N–H and O–H groups in total. The molecule has 0 radical (unpaired) electrons. The van der Waals surface area contributed by atoms with E-state index in [4.69, 9.17) is 0 Å². The minimum absolute atomic E-state index is 0.112. The second-order valence-corrected chi connectivity index (χ2v) is 4.81. The Hall–Kier alpha value is -2.16. The smallest absolute Gasteiger partial charge is 0.254 e. The zero-order valence-corrected chi connectivity index (χ0v) is 10.3. The fraction of sp³-hybridized carbons (Fsp3) is 0.188. The first-order valence-corrected chi connectivity index (χ1v) is 6.36. The molecule has 0 saturated heterocycles. The first-order valence-electron chi connectivity index (χ1n) is 6.36. The fourth-order valence-electron chi connectivity index (χ4n) is 2.31. The molecule has 1 saturated carbocycles. The van der Waals surface area contributed by atoms with Crippen molar-refractivity contribution >= 4 is 5.91 Å². The topological polar surface area (TPSA) is 29.1 Å². The molecule has 1 amide bonds. The summed E-state index contributed by atoms with van der Waals surface area (Å²) in [6.07, 6.45) is 0.921. The lowest BCUT2D eigenvalue weighted by molar-refractivity contribution is 0.0946. The third-order valence-electron chi connectivity index (χ3n) is 3.45. The summed E-state index contributed by atoms with van der Waals surface area (Å²) in [4.78, 5) is 11.9. The van der Waals surface area contributed by atoms with E-state index in [2.05, 4.69) is 17.4 Å². The zero-order chi connectivity index (χ0) is 13.2. The Morgan fingerprint density at radius 3 is 2.47 bits per heavy atom. The molecule has 0 heterocycles. The fourth-order valence-corrected chi connectivity index (χ4v) is 2.31. The van der Waals surface area contributed by atoms with E-state index in [1.165, 1.54) is 17.7 Å². The summed E-state index contributed by atoms with van der Waals surface area (Å²) in [6.45, 7) is 0. The molecule has 3 rings (SSSR count). The van der Waals surface area contributed by atoms with Gasteiger partial charge in [-0.2, -0.15) is 0 Å². The molecule has 0 aromatic heterocycles. The Bertz CT molecular complexity index is 597. The first-order chi connectivity index (χ1) is 9.25. The molecule has 0 spiro atoms. The average molecular weight is 255 g/mol. The number of hydrogen-bond donors (Lipinski definition) is 1. The highest BCUT2D eigenvalue weighted by Gasteiger charge is 2.39. The van der Waals surface area contributed by atoms with Gasteiger partial charge < -0.3 is 5.32 Å². The van der Waals surface area contributed by atoms with Gasteiger partial charge in [0.25, 0.3) is 5.91 Å². The van der Waals surface area contributed by atoms with E-state index in [0.717, 1.165) is 6.42 Å². The third kappa shape index (κ3) is 2.50. The van der Waals surface area contributed by atoms with Crippen molar-refractivity contribution in [2.75, 3.05) is 0 Å². The molecule has 1 fully saturated rings. The largest absolute Gasteiger partial charge is 0.349 e. The van der Waals surface area contributed by atoms with Crippen molar-refractivity contribution in [1.82, 2.24) is 5.32 Å². The van der Waals surface area contributed by atoms with Gasteiger partial charge in [0.15, 0.2) is 0 Å². The predicted molar refractivity (Wildman–Crippen MR) is 71.5 cm³/mol. The maximum atomic E-state index is 13.5. The van der Waals surface area contributed by atoms with Gasteiger partial charge in [0.05, 0.1) is 5.56 Å². The number of rotatable bonds is 3. The van der Waals surface area contributed by atoms with Crippen LogP contribution >= 0.6 is 0 Å². The summed E-state index contributed by atoms with van der Waals surface area (Å²) in [6, 6.07) is 16.2. The summed E-state index contributed by atoms with van der Waals surface area (Å²) < 4.78 is 13.5. The summed E-state index contributed by atoms with van der Waals surface area (Å²) in [5, 5.41) is 2.88. The second kappa shape index (κ2) is 4.84. The van der Waals surface area contributed by atoms with Crippen LogP contribution in [0.25, 0.3) is 0 Å². The van der Waals surface area contributed by atoms with Crippen LogP contribution in [-0.2, 0) is 0 Å². The Morgan fingerprint density at radius 2 is 1.74 bits per heavy atom. The average Bonchev–Trinajstić information content (AvgIpc) is 3.19. The van der Waals surface area contributed by atoms with Gasteiger partial charge in [-0.05, 0) is 24.1 Å². The number of benzene rings is 2. The van der Waals surface area contributed by atoms with Gasteiger partial charge in [-0.1, -0.05) is 42.5 Å². The quantitative estimate of drug-likeness (QED) is 0.897. The van der Waals surface area contributed by atoms with Gasteiger partial charge >= 0.3 is 0 Å². The Balaban J connectivity index is 1.66. The molecule has 2 aromatic rings. The molecule has 96 valence electrons. The van der Waals surface area contributed by atoms with Gasteiger partial charge in [-0.3, -0.25) is 4.79 Å². The van der Waals surface area contributed by atoms with Crippen LogP contribution < -0.4 is 5.32 Å². The van der Waals surface area contributed by atoms with E-state index < -0.39 is 5.82 Å². The van der Waals surface area contributed by atoms with E-state index in [1.807, 2.05) is 18.2 Å². The third-order valence-corrected chi connectivity index (χ3v) is 3.45. The highest BCUT2D eigenvalue weighted by molar-refractivity contribution is 5.94. The number of nitrogens with one attached hydrogen (secondary N) is 1. The van der Waals surface area contributed by atoms with Crippen LogP contribution in [0.1, 0.15) is 28.3 Å². The monoisotopic (exact) mass is 255 g/mol. The second-order valence-electron chi connectivity index (χ2n) is 4.81.